The lowest BCUT2D eigenvalue weighted by atomic mass is 10.4. The van der Waals surface area contributed by atoms with Crippen LogP contribution in [0.1, 0.15) is 29.6 Å². The molecule has 25 heavy (non-hydrogen) atoms. The van der Waals surface area contributed by atoms with Crippen molar-refractivity contribution >= 4 is 23.2 Å². The molecule has 9 heteroatoms. The fraction of sp³-hybridized carbons (Fsp3) is 0.438. The molecule has 2 aromatic rings. The van der Waals surface area contributed by atoms with E-state index < -0.39 is 0 Å². The molecule has 1 N–H and O–H groups in total. The van der Waals surface area contributed by atoms with E-state index >= 15 is 0 Å². The molecule has 0 saturated carbocycles. The van der Waals surface area contributed by atoms with Crippen LogP contribution in [0.2, 0.25) is 0 Å². The second-order valence-electron chi connectivity index (χ2n) is 5.45. The van der Waals surface area contributed by atoms with Crippen molar-refractivity contribution in [2.24, 2.45) is 0 Å². The van der Waals surface area contributed by atoms with Gasteiger partial charge in [0, 0.05) is 32.3 Å². The number of amides is 2. The number of nitrogens with zero attached hydrogens (tertiary/aromatic N) is 4. The van der Waals surface area contributed by atoms with Crippen LogP contribution in [0.3, 0.4) is 0 Å². The number of aromatic nitrogens is 3. The molecule has 0 atom stereocenters. The molecule has 0 bridgehead atoms. The van der Waals surface area contributed by atoms with Crippen LogP contribution in [-0.4, -0.2) is 57.9 Å². The maximum atomic E-state index is 12.2. The summed E-state index contributed by atoms with van der Waals surface area (Å²) in [5.41, 5.74) is 0.616. The Kier molecular flexibility index (Phi) is 5.54. The first-order chi connectivity index (χ1) is 12.2. The van der Waals surface area contributed by atoms with Gasteiger partial charge in [-0.25, -0.2) is 9.97 Å². The summed E-state index contributed by atoms with van der Waals surface area (Å²) in [6.07, 6.45) is 6.25. The molecule has 3 rings (SSSR count). The minimum Gasteiger partial charge on any atom is -0.477 e. The zero-order valence-corrected chi connectivity index (χ0v) is 14.7. The van der Waals surface area contributed by atoms with E-state index in [0.717, 1.165) is 17.8 Å². The average molecular weight is 361 g/mol. The molecule has 8 nitrogen and oxygen atoms in total. The summed E-state index contributed by atoms with van der Waals surface area (Å²) in [6.45, 7) is 4.10. The molecule has 1 aliphatic heterocycles. The predicted molar refractivity (Wildman–Crippen MR) is 92.5 cm³/mol. The van der Waals surface area contributed by atoms with Crippen LogP contribution in [0, 0.1) is 0 Å². The Hall–Kier alpha value is -2.55. The van der Waals surface area contributed by atoms with Crippen molar-refractivity contribution in [1.29, 1.82) is 0 Å². The maximum absolute atomic E-state index is 12.2. The van der Waals surface area contributed by atoms with Crippen LogP contribution in [0.15, 0.2) is 18.6 Å². The third kappa shape index (κ3) is 4.30. The standard InChI is InChI=1S/C16H19N5O3S/c1-2-24-13-10-17-8-11(20-13)12-9-19-16(25-12)15(23)18-5-7-21-6-3-4-14(21)22/h8-10H,2-7H2,1H3,(H,18,23). The van der Waals surface area contributed by atoms with E-state index in [0.29, 0.717) is 42.7 Å². The third-order valence-corrected chi connectivity index (χ3v) is 4.71. The molecule has 0 spiro atoms. The van der Waals surface area contributed by atoms with Crippen LogP contribution in [-0.2, 0) is 4.79 Å². The Bertz CT molecular complexity index is 764. The number of nitrogens with one attached hydrogen (secondary N) is 1. The minimum absolute atomic E-state index is 0.151. The van der Waals surface area contributed by atoms with Crippen LogP contribution in [0.4, 0.5) is 0 Å². The number of hydrogen-bond donors (Lipinski definition) is 1. The van der Waals surface area contributed by atoms with Crippen molar-refractivity contribution in [1.82, 2.24) is 25.2 Å². The number of ether oxygens (including phenoxy) is 1. The molecule has 0 aliphatic carbocycles. The number of thiazole rings is 1. The Morgan fingerprint density at radius 2 is 2.28 bits per heavy atom. The molecule has 2 aromatic heterocycles. The van der Waals surface area contributed by atoms with Gasteiger partial charge in [0.2, 0.25) is 11.8 Å². The number of likely N-dealkylation sites (tertiary alicyclic amines) is 1. The van der Waals surface area contributed by atoms with E-state index in [1.54, 1.807) is 23.5 Å². The zero-order chi connectivity index (χ0) is 17.6. The number of rotatable bonds is 7. The number of carbonyl (C=O) groups excluding carboxylic acids is 2. The van der Waals surface area contributed by atoms with E-state index in [1.165, 1.54) is 11.3 Å². The van der Waals surface area contributed by atoms with Gasteiger partial charge in [-0.3, -0.25) is 14.6 Å². The summed E-state index contributed by atoms with van der Waals surface area (Å²) in [7, 11) is 0. The molecule has 0 unspecified atom stereocenters. The zero-order valence-electron chi connectivity index (χ0n) is 13.9. The summed E-state index contributed by atoms with van der Waals surface area (Å²) in [5.74, 6) is 0.338. The molecule has 1 fully saturated rings. The fourth-order valence-corrected chi connectivity index (χ4v) is 3.29. The van der Waals surface area contributed by atoms with Gasteiger partial charge >= 0.3 is 0 Å². The van der Waals surface area contributed by atoms with Gasteiger partial charge in [0.05, 0.1) is 23.9 Å². The highest BCUT2D eigenvalue weighted by atomic mass is 32.1. The van der Waals surface area contributed by atoms with Gasteiger partial charge in [0.15, 0.2) is 5.01 Å². The lowest BCUT2D eigenvalue weighted by Gasteiger charge is -2.15. The van der Waals surface area contributed by atoms with Gasteiger partial charge in [-0.1, -0.05) is 0 Å². The SMILES string of the molecule is CCOc1cncc(-c2cnc(C(=O)NCCN3CCCC3=O)s2)n1. The fourth-order valence-electron chi connectivity index (χ4n) is 2.50. The lowest BCUT2D eigenvalue weighted by Crippen LogP contribution is -2.35. The Labute approximate surface area is 149 Å². The van der Waals surface area contributed by atoms with Gasteiger partial charge in [-0.05, 0) is 13.3 Å². The molecular weight excluding hydrogens is 342 g/mol. The van der Waals surface area contributed by atoms with Crippen molar-refractivity contribution in [3.8, 4) is 16.5 Å². The molecular formula is C16H19N5O3S. The molecule has 1 saturated heterocycles. The highest BCUT2D eigenvalue weighted by Crippen LogP contribution is 2.25. The molecule has 0 radical (unpaired) electrons. The Balaban J connectivity index is 1.58. The van der Waals surface area contributed by atoms with Crippen LogP contribution in [0.5, 0.6) is 5.88 Å². The molecule has 132 valence electrons. The van der Waals surface area contributed by atoms with Crippen molar-refractivity contribution in [2.75, 3.05) is 26.2 Å². The third-order valence-electron chi connectivity index (χ3n) is 3.70. The number of hydrogen-bond acceptors (Lipinski definition) is 7. The summed E-state index contributed by atoms with van der Waals surface area (Å²) < 4.78 is 5.33. The van der Waals surface area contributed by atoms with E-state index in [-0.39, 0.29) is 11.8 Å². The quantitative estimate of drug-likeness (QED) is 0.799. The lowest BCUT2D eigenvalue weighted by molar-refractivity contribution is -0.127. The van der Waals surface area contributed by atoms with Crippen LogP contribution < -0.4 is 10.1 Å². The summed E-state index contributed by atoms with van der Waals surface area (Å²) in [6, 6.07) is 0. The van der Waals surface area contributed by atoms with Gasteiger partial charge in [-0.15, -0.1) is 11.3 Å². The monoisotopic (exact) mass is 361 g/mol. The van der Waals surface area contributed by atoms with Crippen molar-refractivity contribution in [3.63, 3.8) is 0 Å². The van der Waals surface area contributed by atoms with E-state index in [1.807, 2.05) is 6.92 Å². The topological polar surface area (TPSA) is 97.3 Å². The van der Waals surface area contributed by atoms with Gasteiger partial charge in [0.1, 0.15) is 5.69 Å². The van der Waals surface area contributed by atoms with Gasteiger partial charge in [0.25, 0.3) is 5.91 Å². The molecule has 1 aliphatic rings. The minimum atomic E-state index is -0.253. The maximum Gasteiger partial charge on any atom is 0.280 e. The van der Waals surface area contributed by atoms with Crippen molar-refractivity contribution < 1.29 is 14.3 Å². The molecule has 0 aromatic carbocycles. The summed E-state index contributed by atoms with van der Waals surface area (Å²) in [5, 5.41) is 3.15. The predicted octanol–water partition coefficient (Wildman–Crippen LogP) is 1.35. The summed E-state index contributed by atoms with van der Waals surface area (Å²) in [4.78, 5) is 38.8. The van der Waals surface area contributed by atoms with Crippen molar-refractivity contribution in [3.05, 3.63) is 23.6 Å². The second-order valence-corrected chi connectivity index (χ2v) is 6.48. The second kappa shape index (κ2) is 8.02. The molecule has 3 heterocycles. The van der Waals surface area contributed by atoms with Crippen LogP contribution in [0.25, 0.3) is 10.6 Å². The highest BCUT2D eigenvalue weighted by Gasteiger charge is 2.20. The normalized spacial score (nSPS) is 14.0. The van der Waals surface area contributed by atoms with E-state index in [9.17, 15) is 9.59 Å². The van der Waals surface area contributed by atoms with Crippen LogP contribution >= 0.6 is 11.3 Å². The Morgan fingerprint density at radius 1 is 1.40 bits per heavy atom. The van der Waals surface area contributed by atoms with E-state index in [2.05, 4.69) is 20.3 Å². The smallest absolute Gasteiger partial charge is 0.280 e. The largest absolute Gasteiger partial charge is 0.477 e. The first-order valence-electron chi connectivity index (χ1n) is 8.14. The molecule has 2 amide bonds. The van der Waals surface area contributed by atoms with E-state index in [4.69, 9.17) is 4.74 Å². The number of carbonyl (C=O) groups is 2. The average Bonchev–Trinajstić information content (AvgIpc) is 3.25. The first-order valence-corrected chi connectivity index (χ1v) is 8.96. The highest BCUT2D eigenvalue weighted by molar-refractivity contribution is 7.16. The van der Waals surface area contributed by atoms with Gasteiger partial charge < -0.3 is 15.0 Å². The Morgan fingerprint density at radius 3 is 3.04 bits per heavy atom. The van der Waals surface area contributed by atoms with Crippen molar-refractivity contribution in [2.45, 2.75) is 19.8 Å². The van der Waals surface area contributed by atoms with Gasteiger partial charge in [-0.2, -0.15) is 0 Å². The summed E-state index contributed by atoms with van der Waals surface area (Å²) >= 11 is 1.24. The first kappa shape index (κ1) is 17.3.